The van der Waals surface area contributed by atoms with Gasteiger partial charge in [-0.2, -0.15) is 0 Å². The predicted octanol–water partition coefficient (Wildman–Crippen LogP) is 2.81. The number of rotatable bonds is 6. The van der Waals surface area contributed by atoms with Gasteiger partial charge in [0.05, 0.1) is 20.3 Å². The molecule has 0 heterocycles. The molecule has 2 rings (SSSR count). The highest BCUT2D eigenvalue weighted by atomic mass is 35.5. The predicted molar refractivity (Wildman–Crippen MR) is 84.0 cm³/mol. The Morgan fingerprint density at radius 1 is 1.00 bits per heavy atom. The molecular weight excluding hydrogens is 288 g/mol. The fourth-order valence-corrected chi connectivity index (χ4v) is 2.59. The van der Waals surface area contributed by atoms with E-state index in [0.29, 0.717) is 11.4 Å². The van der Waals surface area contributed by atoms with Crippen LogP contribution in [-0.2, 0) is 11.8 Å². The zero-order valence-corrected chi connectivity index (χ0v) is 12.7. The monoisotopic (exact) mass is 306 g/mol. The van der Waals surface area contributed by atoms with Crippen molar-refractivity contribution < 1.29 is 14.9 Å². The van der Waals surface area contributed by atoms with Gasteiger partial charge in [0.2, 0.25) is 0 Å². The summed E-state index contributed by atoms with van der Waals surface area (Å²) in [5.74, 6) is 0.748. The van der Waals surface area contributed by atoms with Gasteiger partial charge in [-0.25, -0.2) is 0 Å². The van der Waals surface area contributed by atoms with Gasteiger partial charge in [-0.15, -0.1) is 0 Å². The summed E-state index contributed by atoms with van der Waals surface area (Å²) in [6.45, 7) is -0.327. The van der Waals surface area contributed by atoms with Gasteiger partial charge in [0.25, 0.3) is 0 Å². The van der Waals surface area contributed by atoms with Crippen LogP contribution >= 0.6 is 11.6 Å². The summed E-state index contributed by atoms with van der Waals surface area (Å²) in [6.07, 6.45) is 0.478. The Morgan fingerprint density at radius 2 is 1.62 bits per heavy atom. The topological polar surface area (TPSA) is 49.7 Å². The molecule has 0 aliphatic rings. The Balaban J connectivity index is 2.40. The summed E-state index contributed by atoms with van der Waals surface area (Å²) in [5, 5.41) is 20.4. The lowest BCUT2D eigenvalue weighted by Gasteiger charge is -2.31. The molecule has 2 N–H and O–H groups in total. The van der Waals surface area contributed by atoms with E-state index < -0.39 is 5.41 Å². The van der Waals surface area contributed by atoms with E-state index in [0.717, 1.165) is 16.9 Å². The average molecular weight is 307 g/mol. The van der Waals surface area contributed by atoms with Gasteiger partial charge in [-0.1, -0.05) is 41.9 Å². The highest BCUT2D eigenvalue weighted by Crippen LogP contribution is 2.32. The summed E-state index contributed by atoms with van der Waals surface area (Å²) in [6, 6.07) is 14.8. The molecule has 0 radical (unpaired) electrons. The molecule has 0 unspecified atom stereocenters. The van der Waals surface area contributed by atoms with Gasteiger partial charge in [0, 0.05) is 10.4 Å². The number of hydrogen-bond donors (Lipinski definition) is 2. The van der Waals surface area contributed by atoms with Crippen LogP contribution in [0.5, 0.6) is 5.75 Å². The van der Waals surface area contributed by atoms with Gasteiger partial charge < -0.3 is 14.9 Å². The number of para-hydroxylation sites is 1. The maximum Gasteiger partial charge on any atom is 0.122 e. The van der Waals surface area contributed by atoms with Crippen LogP contribution < -0.4 is 4.74 Å². The first kappa shape index (κ1) is 15.8. The van der Waals surface area contributed by atoms with Gasteiger partial charge in [-0.3, -0.25) is 0 Å². The molecule has 0 aliphatic heterocycles. The van der Waals surface area contributed by atoms with Crippen molar-refractivity contribution in [2.24, 2.45) is 0 Å². The Bertz CT molecular complexity index is 577. The third-order valence-corrected chi connectivity index (χ3v) is 4.04. The lowest BCUT2D eigenvalue weighted by molar-refractivity contribution is 0.115. The van der Waals surface area contributed by atoms with E-state index >= 15 is 0 Å². The molecule has 0 aliphatic carbocycles. The lowest BCUT2D eigenvalue weighted by Crippen LogP contribution is -2.37. The number of aliphatic hydroxyl groups is 2. The third kappa shape index (κ3) is 3.38. The van der Waals surface area contributed by atoms with Crippen molar-refractivity contribution in [1.82, 2.24) is 0 Å². The molecule has 0 spiro atoms. The minimum atomic E-state index is -0.765. The van der Waals surface area contributed by atoms with Crippen molar-refractivity contribution in [3.05, 3.63) is 64.7 Å². The Hall–Kier alpha value is -1.55. The van der Waals surface area contributed by atoms with Crippen LogP contribution in [0.1, 0.15) is 11.1 Å². The molecular formula is C17H19ClO3. The number of hydrogen-bond acceptors (Lipinski definition) is 3. The molecule has 3 nitrogen and oxygen atoms in total. The molecule has 112 valence electrons. The minimum Gasteiger partial charge on any atom is -0.496 e. The van der Waals surface area contributed by atoms with E-state index in [1.807, 2.05) is 36.4 Å². The molecule has 2 aromatic carbocycles. The second-order valence-electron chi connectivity index (χ2n) is 5.09. The standard InChI is InChI=1S/C17H19ClO3/c1-21-16-5-3-2-4-13(16)10-17(11-19,12-20)14-6-8-15(18)9-7-14/h2-9,19-20H,10-12H2,1H3. The zero-order valence-electron chi connectivity index (χ0n) is 11.9. The van der Waals surface area contributed by atoms with E-state index in [4.69, 9.17) is 16.3 Å². The number of benzene rings is 2. The summed E-state index contributed by atoms with van der Waals surface area (Å²) in [7, 11) is 1.61. The quantitative estimate of drug-likeness (QED) is 0.863. The van der Waals surface area contributed by atoms with Crippen molar-refractivity contribution in [3.63, 3.8) is 0 Å². The number of methoxy groups -OCH3 is 1. The molecule has 0 amide bonds. The van der Waals surface area contributed by atoms with Gasteiger partial charge >= 0.3 is 0 Å². The molecule has 0 saturated heterocycles. The van der Waals surface area contributed by atoms with Crippen LogP contribution in [0, 0.1) is 0 Å². The Labute approximate surface area is 129 Å². The van der Waals surface area contributed by atoms with Crippen molar-refractivity contribution in [2.75, 3.05) is 20.3 Å². The van der Waals surface area contributed by atoms with Crippen LogP contribution in [0.4, 0.5) is 0 Å². The molecule has 4 heteroatoms. The summed E-state index contributed by atoms with van der Waals surface area (Å²) in [5.41, 5.74) is 1.03. The highest BCUT2D eigenvalue weighted by molar-refractivity contribution is 6.30. The van der Waals surface area contributed by atoms with Crippen LogP contribution in [0.2, 0.25) is 5.02 Å². The van der Waals surface area contributed by atoms with Crippen molar-refractivity contribution >= 4 is 11.6 Å². The fourth-order valence-electron chi connectivity index (χ4n) is 2.46. The molecule has 0 atom stereocenters. The van der Waals surface area contributed by atoms with E-state index in [2.05, 4.69) is 0 Å². The maximum absolute atomic E-state index is 9.89. The third-order valence-electron chi connectivity index (χ3n) is 3.78. The number of aliphatic hydroxyl groups excluding tert-OH is 2. The molecule has 0 fully saturated rings. The Morgan fingerprint density at radius 3 is 2.19 bits per heavy atom. The second-order valence-corrected chi connectivity index (χ2v) is 5.53. The molecule has 21 heavy (non-hydrogen) atoms. The van der Waals surface area contributed by atoms with Crippen molar-refractivity contribution in [3.8, 4) is 5.75 Å². The Kier molecular flexibility index (Phi) is 5.23. The first-order chi connectivity index (χ1) is 10.1. The number of halogens is 1. The van der Waals surface area contributed by atoms with Gasteiger partial charge in [0.1, 0.15) is 5.75 Å². The van der Waals surface area contributed by atoms with Gasteiger partial charge in [-0.05, 0) is 35.7 Å². The van der Waals surface area contributed by atoms with Crippen LogP contribution in [0.15, 0.2) is 48.5 Å². The highest BCUT2D eigenvalue weighted by Gasteiger charge is 2.32. The van der Waals surface area contributed by atoms with E-state index in [1.54, 1.807) is 19.2 Å². The molecule has 0 aromatic heterocycles. The first-order valence-electron chi connectivity index (χ1n) is 6.75. The summed E-state index contributed by atoms with van der Waals surface area (Å²) < 4.78 is 5.35. The van der Waals surface area contributed by atoms with E-state index in [1.165, 1.54) is 0 Å². The largest absolute Gasteiger partial charge is 0.496 e. The van der Waals surface area contributed by atoms with Crippen LogP contribution in [0.3, 0.4) is 0 Å². The smallest absolute Gasteiger partial charge is 0.122 e. The summed E-state index contributed by atoms with van der Waals surface area (Å²) >= 11 is 5.91. The normalized spacial score (nSPS) is 11.4. The fraction of sp³-hybridized carbons (Fsp3) is 0.294. The van der Waals surface area contributed by atoms with E-state index in [9.17, 15) is 10.2 Å². The molecule has 2 aromatic rings. The van der Waals surface area contributed by atoms with Crippen molar-refractivity contribution in [1.29, 1.82) is 0 Å². The van der Waals surface area contributed by atoms with Gasteiger partial charge in [0.15, 0.2) is 0 Å². The number of ether oxygens (including phenoxy) is 1. The molecule has 0 bridgehead atoms. The maximum atomic E-state index is 9.89. The van der Waals surface area contributed by atoms with Crippen molar-refractivity contribution in [2.45, 2.75) is 11.8 Å². The van der Waals surface area contributed by atoms with Crippen LogP contribution in [0.25, 0.3) is 0 Å². The van der Waals surface area contributed by atoms with Crippen LogP contribution in [-0.4, -0.2) is 30.5 Å². The first-order valence-corrected chi connectivity index (χ1v) is 7.12. The lowest BCUT2D eigenvalue weighted by atomic mass is 9.76. The average Bonchev–Trinajstić information content (AvgIpc) is 2.54. The minimum absolute atomic E-state index is 0.164. The molecule has 0 saturated carbocycles. The zero-order chi connectivity index (χ0) is 15.3. The second kappa shape index (κ2) is 6.94. The SMILES string of the molecule is COc1ccccc1CC(CO)(CO)c1ccc(Cl)cc1. The van der Waals surface area contributed by atoms with E-state index in [-0.39, 0.29) is 13.2 Å². The summed E-state index contributed by atoms with van der Waals surface area (Å²) in [4.78, 5) is 0.